The van der Waals surface area contributed by atoms with Crippen molar-refractivity contribution in [2.45, 2.75) is 13.3 Å². The van der Waals surface area contributed by atoms with Crippen molar-refractivity contribution in [1.82, 2.24) is 4.98 Å². The Kier molecular flexibility index (Phi) is 4.89. The maximum absolute atomic E-state index is 12.2. The van der Waals surface area contributed by atoms with Crippen LogP contribution < -0.4 is 10.6 Å². The number of aromatic nitrogens is 1. The van der Waals surface area contributed by atoms with Gasteiger partial charge in [-0.25, -0.2) is 0 Å². The largest absolute Gasteiger partial charge is 0.456 e. The van der Waals surface area contributed by atoms with E-state index in [2.05, 4.69) is 15.6 Å². The summed E-state index contributed by atoms with van der Waals surface area (Å²) in [5, 5.41) is 5.49. The second-order valence-electron chi connectivity index (χ2n) is 5.35. The Balaban J connectivity index is 1.63. The number of aryl methyl sites for hydroxylation is 1. The summed E-state index contributed by atoms with van der Waals surface area (Å²) in [6.45, 7) is 1.95. The van der Waals surface area contributed by atoms with Crippen LogP contribution in [0.2, 0.25) is 0 Å². The number of hydrogen-bond donors (Lipinski definition) is 2. The molecule has 0 unspecified atom stereocenters. The summed E-state index contributed by atoms with van der Waals surface area (Å²) in [7, 11) is 0. The molecule has 2 amide bonds. The second kappa shape index (κ2) is 7.44. The number of nitrogens with one attached hydrogen (secondary N) is 2. The molecule has 1 aromatic carbocycles. The van der Waals surface area contributed by atoms with Gasteiger partial charge in [0.05, 0.1) is 11.9 Å². The lowest BCUT2D eigenvalue weighted by molar-refractivity contribution is 0.0993. The first-order valence-electron chi connectivity index (χ1n) is 7.87. The first kappa shape index (κ1) is 16.4. The molecule has 0 atom stereocenters. The number of furan rings is 1. The molecule has 0 aliphatic heterocycles. The number of carbonyl (C=O) groups is 2. The predicted molar refractivity (Wildman–Crippen MR) is 94.7 cm³/mol. The van der Waals surface area contributed by atoms with E-state index in [0.29, 0.717) is 16.9 Å². The van der Waals surface area contributed by atoms with E-state index in [1.165, 1.54) is 0 Å². The molecule has 2 heterocycles. The van der Waals surface area contributed by atoms with Crippen LogP contribution >= 0.6 is 0 Å². The Bertz CT molecular complexity index is 870. The van der Waals surface area contributed by atoms with E-state index in [1.54, 1.807) is 60.9 Å². The fraction of sp³-hybridized carbons (Fsp3) is 0.105. The van der Waals surface area contributed by atoms with Gasteiger partial charge in [0, 0.05) is 23.9 Å². The van der Waals surface area contributed by atoms with E-state index >= 15 is 0 Å². The Morgan fingerprint density at radius 3 is 2.36 bits per heavy atom. The number of rotatable bonds is 5. The fourth-order valence-corrected chi connectivity index (χ4v) is 2.23. The molecule has 0 bridgehead atoms. The van der Waals surface area contributed by atoms with Gasteiger partial charge < -0.3 is 15.1 Å². The second-order valence-corrected chi connectivity index (χ2v) is 5.35. The van der Waals surface area contributed by atoms with Crippen molar-refractivity contribution >= 4 is 23.2 Å². The average Bonchev–Trinajstić information content (AvgIpc) is 3.12. The van der Waals surface area contributed by atoms with Crippen molar-refractivity contribution in [3.63, 3.8) is 0 Å². The third-order valence-electron chi connectivity index (χ3n) is 3.56. The Morgan fingerprint density at radius 1 is 0.960 bits per heavy atom. The lowest BCUT2D eigenvalue weighted by Gasteiger charge is -2.06. The molecule has 0 fully saturated rings. The van der Waals surface area contributed by atoms with Crippen LogP contribution in [0, 0.1) is 0 Å². The van der Waals surface area contributed by atoms with Gasteiger partial charge in [-0.15, -0.1) is 0 Å². The SMILES string of the molecule is CCc1ccc(C(=O)Nc2ccc(C(=O)Nc3cccnc3)cc2)o1. The minimum absolute atomic E-state index is 0.246. The van der Waals surface area contributed by atoms with Gasteiger partial charge in [0.25, 0.3) is 11.8 Å². The highest BCUT2D eigenvalue weighted by atomic mass is 16.3. The summed E-state index contributed by atoms with van der Waals surface area (Å²) in [6, 6.07) is 13.5. The molecule has 3 rings (SSSR count). The molecule has 0 saturated carbocycles. The van der Waals surface area contributed by atoms with Crippen molar-refractivity contribution in [2.75, 3.05) is 10.6 Å². The normalized spacial score (nSPS) is 10.3. The van der Waals surface area contributed by atoms with Crippen molar-refractivity contribution in [3.8, 4) is 0 Å². The molecule has 126 valence electrons. The number of pyridine rings is 1. The lowest BCUT2D eigenvalue weighted by Crippen LogP contribution is -2.13. The molecular weight excluding hydrogens is 318 g/mol. The molecule has 0 saturated heterocycles. The van der Waals surface area contributed by atoms with Gasteiger partial charge in [-0.1, -0.05) is 6.92 Å². The van der Waals surface area contributed by atoms with Gasteiger partial charge in [0.2, 0.25) is 0 Å². The van der Waals surface area contributed by atoms with Gasteiger partial charge >= 0.3 is 0 Å². The van der Waals surface area contributed by atoms with E-state index in [1.807, 2.05) is 6.92 Å². The number of hydrogen-bond acceptors (Lipinski definition) is 4. The highest BCUT2D eigenvalue weighted by Gasteiger charge is 2.12. The van der Waals surface area contributed by atoms with Crippen LogP contribution in [0.1, 0.15) is 33.6 Å². The van der Waals surface area contributed by atoms with Crippen molar-refractivity contribution < 1.29 is 14.0 Å². The molecule has 25 heavy (non-hydrogen) atoms. The third kappa shape index (κ3) is 4.11. The molecule has 3 aromatic rings. The van der Waals surface area contributed by atoms with Gasteiger partial charge in [0.1, 0.15) is 5.76 Å². The molecule has 0 spiro atoms. The van der Waals surface area contributed by atoms with Gasteiger partial charge in [0.15, 0.2) is 5.76 Å². The number of benzene rings is 1. The number of anilines is 2. The minimum Gasteiger partial charge on any atom is -0.456 e. The highest BCUT2D eigenvalue weighted by Crippen LogP contribution is 2.15. The molecular formula is C19H17N3O3. The summed E-state index contributed by atoms with van der Waals surface area (Å²) in [5.41, 5.74) is 1.68. The maximum Gasteiger partial charge on any atom is 0.291 e. The van der Waals surface area contributed by atoms with Crippen LogP contribution in [-0.4, -0.2) is 16.8 Å². The Morgan fingerprint density at radius 2 is 1.72 bits per heavy atom. The van der Waals surface area contributed by atoms with Crippen LogP contribution in [0.5, 0.6) is 0 Å². The van der Waals surface area contributed by atoms with Crippen molar-refractivity contribution in [2.24, 2.45) is 0 Å². The first-order chi connectivity index (χ1) is 12.2. The summed E-state index contributed by atoms with van der Waals surface area (Å²) in [6.07, 6.45) is 3.93. The summed E-state index contributed by atoms with van der Waals surface area (Å²) < 4.78 is 5.41. The zero-order chi connectivity index (χ0) is 17.6. The summed E-state index contributed by atoms with van der Waals surface area (Å²) in [5.74, 6) is 0.444. The lowest BCUT2D eigenvalue weighted by atomic mass is 10.2. The number of nitrogens with zero attached hydrogens (tertiary/aromatic N) is 1. The Labute approximate surface area is 144 Å². The summed E-state index contributed by atoms with van der Waals surface area (Å²) in [4.78, 5) is 28.2. The molecule has 0 aliphatic rings. The summed E-state index contributed by atoms with van der Waals surface area (Å²) >= 11 is 0. The van der Waals surface area contributed by atoms with Gasteiger partial charge in [-0.2, -0.15) is 0 Å². The molecule has 6 heteroatoms. The molecule has 0 aliphatic carbocycles. The van der Waals surface area contributed by atoms with E-state index in [9.17, 15) is 9.59 Å². The predicted octanol–water partition coefficient (Wildman–Crippen LogP) is 3.74. The quantitative estimate of drug-likeness (QED) is 0.744. The van der Waals surface area contributed by atoms with Crippen LogP contribution in [0.15, 0.2) is 65.3 Å². The van der Waals surface area contributed by atoms with E-state index in [-0.39, 0.29) is 17.6 Å². The maximum atomic E-state index is 12.2. The first-order valence-corrected chi connectivity index (χ1v) is 7.87. The van der Waals surface area contributed by atoms with E-state index < -0.39 is 0 Å². The zero-order valence-corrected chi connectivity index (χ0v) is 13.7. The third-order valence-corrected chi connectivity index (χ3v) is 3.56. The van der Waals surface area contributed by atoms with Crippen LogP contribution in [-0.2, 0) is 6.42 Å². The molecule has 6 nitrogen and oxygen atoms in total. The topological polar surface area (TPSA) is 84.2 Å². The van der Waals surface area contributed by atoms with Crippen LogP contribution in [0.4, 0.5) is 11.4 Å². The molecule has 2 aromatic heterocycles. The van der Waals surface area contributed by atoms with E-state index in [0.717, 1.165) is 12.2 Å². The van der Waals surface area contributed by atoms with E-state index in [4.69, 9.17) is 4.42 Å². The average molecular weight is 335 g/mol. The van der Waals surface area contributed by atoms with Crippen LogP contribution in [0.3, 0.4) is 0 Å². The monoisotopic (exact) mass is 335 g/mol. The van der Waals surface area contributed by atoms with Crippen molar-refractivity contribution in [3.05, 3.63) is 78.0 Å². The standard InChI is InChI=1S/C19H17N3O3/c1-2-16-9-10-17(25-16)19(24)21-14-7-5-13(6-8-14)18(23)22-15-4-3-11-20-12-15/h3-12H,2H2,1H3,(H,21,24)(H,22,23). The zero-order valence-electron chi connectivity index (χ0n) is 13.7. The minimum atomic E-state index is -0.327. The van der Waals surface area contributed by atoms with Crippen molar-refractivity contribution in [1.29, 1.82) is 0 Å². The highest BCUT2D eigenvalue weighted by molar-refractivity contribution is 6.05. The van der Waals surface area contributed by atoms with Gasteiger partial charge in [-0.3, -0.25) is 14.6 Å². The number of amides is 2. The fourth-order valence-electron chi connectivity index (χ4n) is 2.23. The molecule has 2 N–H and O–H groups in total. The smallest absolute Gasteiger partial charge is 0.291 e. The van der Waals surface area contributed by atoms with Crippen LogP contribution in [0.25, 0.3) is 0 Å². The van der Waals surface area contributed by atoms with Gasteiger partial charge in [-0.05, 0) is 48.5 Å². The Hall–Kier alpha value is -3.41. The molecule has 0 radical (unpaired) electrons. The number of carbonyl (C=O) groups excluding carboxylic acids is 2.